The molecule has 0 heterocycles. The summed E-state index contributed by atoms with van der Waals surface area (Å²) in [6.45, 7) is 5.77. The summed E-state index contributed by atoms with van der Waals surface area (Å²) in [6, 6.07) is 4.75. The number of rotatable bonds is 0. The normalized spacial score (nSPS) is 8.45. The number of benzene rings is 1. The van der Waals surface area contributed by atoms with Crippen LogP contribution in [0.1, 0.15) is 19.4 Å². The second-order valence-electron chi connectivity index (χ2n) is 1.87. The van der Waals surface area contributed by atoms with Gasteiger partial charge in [-0.25, -0.2) is 4.39 Å². The second-order valence-corrected chi connectivity index (χ2v) is 2.25. The van der Waals surface area contributed by atoms with Crippen molar-refractivity contribution in [3.05, 3.63) is 34.6 Å². The Morgan fingerprint density at radius 2 is 1.82 bits per heavy atom. The Hall–Kier alpha value is -0.560. The zero-order valence-corrected chi connectivity index (χ0v) is 7.74. The van der Waals surface area contributed by atoms with E-state index in [1.165, 1.54) is 6.07 Å². The van der Waals surface area contributed by atoms with Crippen LogP contribution in [0, 0.1) is 12.7 Å². The molecule has 0 aliphatic rings. The van der Waals surface area contributed by atoms with E-state index >= 15 is 0 Å². The molecule has 0 unspecified atom stereocenters. The molecule has 0 spiro atoms. The van der Waals surface area contributed by atoms with Gasteiger partial charge >= 0.3 is 0 Å². The molecule has 0 amide bonds. The first kappa shape index (κ1) is 10.4. The highest BCUT2D eigenvalue weighted by Crippen LogP contribution is 2.17. The smallest absolute Gasteiger partial charge is 0.142 e. The van der Waals surface area contributed by atoms with Crippen LogP contribution in [0.5, 0.6) is 0 Å². The van der Waals surface area contributed by atoms with Crippen LogP contribution < -0.4 is 0 Å². The van der Waals surface area contributed by atoms with Gasteiger partial charge in [0, 0.05) is 0 Å². The minimum absolute atomic E-state index is 0.220. The van der Waals surface area contributed by atoms with E-state index < -0.39 is 0 Å². The third kappa shape index (κ3) is 2.89. The van der Waals surface area contributed by atoms with Crippen LogP contribution in [0.4, 0.5) is 4.39 Å². The van der Waals surface area contributed by atoms with Gasteiger partial charge in [0.25, 0.3) is 0 Å². The van der Waals surface area contributed by atoms with Crippen molar-refractivity contribution < 1.29 is 4.39 Å². The summed E-state index contributed by atoms with van der Waals surface area (Å²) >= 11 is 5.50. The molecule has 0 saturated carbocycles. The average Bonchev–Trinajstić information content (AvgIpc) is 2.04. The fourth-order valence-electron chi connectivity index (χ4n) is 0.612. The molecule has 0 radical (unpaired) electrons. The van der Waals surface area contributed by atoms with Gasteiger partial charge in [-0.15, -0.1) is 0 Å². The van der Waals surface area contributed by atoms with E-state index in [4.69, 9.17) is 11.6 Å². The molecule has 1 aromatic rings. The molecule has 0 atom stereocenters. The standard InChI is InChI=1S/C7H6ClF.C2H6/c1-5-3-2-4-6(9)7(5)8;1-2/h2-4H,1H3;1-2H3. The molecular weight excluding hydrogens is 163 g/mol. The van der Waals surface area contributed by atoms with Gasteiger partial charge < -0.3 is 0 Å². The van der Waals surface area contributed by atoms with Gasteiger partial charge in [-0.05, 0) is 18.6 Å². The zero-order valence-electron chi connectivity index (χ0n) is 6.99. The Labute approximate surface area is 72.0 Å². The maximum absolute atomic E-state index is 12.4. The van der Waals surface area contributed by atoms with Crippen LogP contribution in [-0.2, 0) is 0 Å². The minimum atomic E-state index is -0.350. The molecule has 0 bridgehead atoms. The lowest BCUT2D eigenvalue weighted by Crippen LogP contribution is -1.78. The predicted molar refractivity (Wildman–Crippen MR) is 47.5 cm³/mol. The van der Waals surface area contributed by atoms with Gasteiger partial charge in [0.1, 0.15) is 5.82 Å². The van der Waals surface area contributed by atoms with Crippen LogP contribution in [0.15, 0.2) is 18.2 Å². The second kappa shape index (κ2) is 5.14. The molecule has 0 nitrogen and oxygen atoms in total. The molecule has 62 valence electrons. The lowest BCUT2D eigenvalue weighted by molar-refractivity contribution is 0.627. The fraction of sp³-hybridized carbons (Fsp3) is 0.333. The topological polar surface area (TPSA) is 0 Å². The molecule has 1 rings (SSSR count). The summed E-state index contributed by atoms with van der Waals surface area (Å²) in [6.07, 6.45) is 0. The number of halogens is 2. The minimum Gasteiger partial charge on any atom is -0.205 e. The van der Waals surface area contributed by atoms with Gasteiger partial charge in [0.05, 0.1) is 5.02 Å². The van der Waals surface area contributed by atoms with Crippen molar-refractivity contribution in [2.24, 2.45) is 0 Å². The van der Waals surface area contributed by atoms with Gasteiger partial charge in [-0.2, -0.15) is 0 Å². The molecule has 0 aliphatic carbocycles. The van der Waals surface area contributed by atoms with Crippen molar-refractivity contribution in [1.29, 1.82) is 0 Å². The molecule has 0 saturated heterocycles. The Morgan fingerprint density at radius 3 is 2.18 bits per heavy atom. The molecule has 1 aromatic carbocycles. The van der Waals surface area contributed by atoms with Crippen LogP contribution in [0.3, 0.4) is 0 Å². The van der Waals surface area contributed by atoms with Gasteiger partial charge in [0.15, 0.2) is 0 Å². The Kier molecular flexibility index (Phi) is 4.88. The molecular formula is C9H12ClF. The van der Waals surface area contributed by atoms with Crippen molar-refractivity contribution in [3.63, 3.8) is 0 Å². The monoisotopic (exact) mass is 174 g/mol. The lowest BCUT2D eigenvalue weighted by Gasteiger charge is -1.95. The van der Waals surface area contributed by atoms with Crippen molar-refractivity contribution in [1.82, 2.24) is 0 Å². The lowest BCUT2D eigenvalue weighted by atomic mass is 10.2. The van der Waals surface area contributed by atoms with Crippen LogP contribution >= 0.6 is 11.6 Å². The Balaban J connectivity index is 0.000000461. The largest absolute Gasteiger partial charge is 0.205 e. The van der Waals surface area contributed by atoms with E-state index in [1.54, 1.807) is 19.1 Å². The Bertz CT molecular complexity index is 201. The molecule has 2 heteroatoms. The first-order valence-corrected chi connectivity index (χ1v) is 4.00. The maximum atomic E-state index is 12.4. The fourth-order valence-corrected chi connectivity index (χ4v) is 0.738. The van der Waals surface area contributed by atoms with E-state index in [2.05, 4.69) is 0 Å². The predicted octanol–water partition coefficient (Wildman–Crippen LogP) is 3.81. The van der Waals surface area contributed by atoms with Crippen molar-refractivity contribution in [3.8, 4) is 0 Å². The van der Waals surface area contributed by atoms with E-state index in [0.29, 0.717) is 0 Å². The first-order valence-electron chi connectivity index (χ1n) is 3.62. The van der Waals surface area contributed by atoms with Crippen LogP contribution in [-0.4, -0.2) is 0 Å². The molecule has 11 heavy (non-hydrogen) atoms. The maximum Gasteiger partial charge on any atom is 0.142 e. The highest BCUT2D eigenvalue weighted by Gasteiger charge is 1.98. The summed E-state index contributed by atoms with van der Waals surface area (Å²) in [5, 5.41) is 0.220. The summed E-state index contributed by atoms with van der Waals surface area (Å²) in [7, 11) is 0. The third-order valence-electron chi connectivity index (χ3n) is 1.14. The highest BCUT2D eigenvalue weighted by atomic mass is 35.5. The first-order chi connectivity index (χ1) is 5.22. The van der Waals surface area contributed by atoms with Gasteiger partial charge in [-0.3, -0.25) is 0 Å². The van der Waals surface area contributed by atoms with Crippen LogP contribution in [0.2, 0.25) is 5.02 Å². The number of hydrogen-bond acceptors (Lipinski definition) is 0. The SMILES string of the molecule is CC.Cc1cccc(F)c1Cl. The summed E-state index contributed by atoms with van der Waals surface area (Å²) in [5.74, 6) is -0.350. The van der Waals surface area contributed by atoms with E-state index in [9.17, 15) is 4.39 Å². The molecule has 0 fully saturated rings. The summed E-state index contributed by atoms with van der Waals surface area (Å²) < 4.78 is 12.4. The van der Waals surface area contributed by atoms with Gasteiger partial charge in [-0.1, -0.05) is 37.6 Å². The molecule has 0 aromatic heterocycles. The number of aryl methyl sites for hydroxylation is 1. The van der Waals surface area contributed by atoms with Crippen molar-refractivity contribution in [2.45, 2.75) is 20.8 Å². The average molecular weight is 175 g/mol. The molecule has 0 N–H and O–H groups in total. The summed E-state index contributed by atoms with van der Waals surface area (Å²) in [4.78, 5) is 0. The van der Waals surface area contributed by atoms with E-state index in [1.807, 2.05) is 13.8 Å². The highest BCUT2D eigenvalue weighted by molar-refractivity contribution is 6.31. The van der Waals surface area contributed by atoms with Gasteiger partial charge in [0.2, 0.25) is 0 Å². The van der Waals surface area contributed by atoms with E-state index in [0.717, 1.165) is 5.56 Å². The van der Waals surface area contributed by atoms with E-state index in [-0.39, 0.29) is 10.8 Å². The Morgan fingerprint density at radius 1 is 1.27 bits per heavy atom. The number of hydrogen-bond donors (Lipinski definition) is 0. The van der Waals surface area contributed by atoms with Crippen molar-refractivity contribution >= 4 is 11.6 Å². The van der Waals surface area contributed by atoms with Crippen LogP contribution in [0.25, 0.3) is 0 Å². The summed E-state index contributed by atoms with van der Waals surface area (Å²) in [5.41, 5.74) is 0.775. The molecule has 0 aliphatic heterocycles. The third-order valence-corrected chi connectivity index (χ3v) is 1.62. The van der Waals surface area contributed by atoms with Crippen molar-refractivity contribution in [2.75, 3.05) is 0 Å². The zero-order chi connectivity index (χ0) is 8.85. The quantitative estimate of drug-likeness (QED) is 0.561.